The third-order valence-corrected chi connectivity index (χ3v) is 44.1. The zero-order chi connectivity index (χ0) is 89.6. The van der Waals surface area contributed by atoms with Crippen LogP contribution in [0.5, 0.6) is 0 Å². The van der Waals surface area contributed by atoms with Gasteiger partial charge in [0.1, 0.15) is 6.29 Å². The molecule has 32 heteroatoms. The van der Waals surface area contributed by atoms with Gasteiger partial charge in [0, 0.05) is 16.9 Å². The summed E-state index contributed by atoms with van der Waals surface area (Å²) in [4.78, 5) is 71.3. The molecule has 700 valence electrons. The molecule has 0 spiro atoms. The molecule has 1 atom stereocenters. The van der Waals surface area contributed by atoms with Gasteiger partial charge in [-0.15, -0.1) is 6.58 Å². The van der Waals surface area contributed by atoms with Gasteiger partial charge in [0.25, 0.3) is 0 Å². The van der Waals surface area contributed by atoms with Crippen LogP contribution in [0.3, 0.4) is 0 Å². The number of amides is 1. The molecule has 19 fully saturated rings. The Balaban J connectivity index is 0.000000206. The third kappa shape index (κ3) is 23.6. The molecule has 3 aromatic rings. The van der Waals surface area contributed by atoms with E-state index in [4.69, 9.17) is 27.7 Å². The molecule has 0 aliphatic heterocycles. The van der Waals surface area contributed by atoms with E-state index >= 15 is 0 Å². The minimum atomic E-state index is -5.18. The number of alkyl halides is 9. The van der Waals surface area contributed by atoms with Crippen LogP contribution in [0, 0.1) is 77.8 Å². The fraction of sp³-hybridized carbons (Fsp3) is 0.720. The third-order valence-electron chi connectivity index (χ3n) is 32.6. The van der Waals surface area contributed by atoms with Crippen molar-refractivity contribution in [1.29, 1.82) is 0 Å². The van der Waals surface area contributed by atoms with Gasteiger partial charge >= 0.3 is 226 Å². The second-order valence-electron chi connectivity index (χ2n) is 38.7. The number of sulfone groups is 2. The molecule has 3 aromatic carbocycles. The smallest absolute Gasteiger partial charge is 0.766 e. The second-order valence-corrected chi connectivity index (χ2v) is 53.6. The van der Waals surface area contributed by atoms with Gasteiger partial charge in [0.05, 0.1) is 72.7 Å². The quantitative estimate of drug-likeness (QED) is 0.0171. The van der Waals surface area contributed by atoms with Crippen LogP contribution in [-0.2, 0) is 78.5 Å². The summed E-state index contributed by atoms with van der Waals surface area (Å²) in [7, 11) is -4.31. The van der Waals surface area contributed by atoms with Crippen LogP contribution < -0.4 is 72.6 Å². The van der Waals surface area contributed by atoms with Gasteiger partial charge in [-0.3, -0.25) is 28.2 Å². The molecule has 22 rings (SSSR count). The Morgan fingerprint density at radius 2 is 0.712 bits per heavy atom. The number of esters is 4. The van der Waals surface area contributed by atoms with Crippen molar-refractivity contribution in [1.82, 2.24) is 5.32 Å². The number of halogens is 10. The van der Waals surface area contributed by atoms with Crippen LogP contribution in [0.15, 0.2) is 104 Å². The van der Waals surface area contributed by atoms with Gasteiger partial charge in [-0.25, -0.2) is 16.8 Å². The number of carbonyl (C=O) groups excluding carboxylic acids is 6. The number of rotatable bonds is 19. The molecule has 19 aliphatic carbocycles. The maximum Gasteiger partial charge on any atom is 1.00 e. The monoisotopic (exact) mass is 1940 g/mol. The number of ether oxygens (including phenoxy) is 4. The van der Waals surface area contributed by atoms with Crippen molar-refractivity contribution in [2.75, 3.05) is 46.6 Å². The van der Waals surface area contributed by atoms with E-state index in [0.29, 0.717) is 106 Å². The van der Waals surface area contributed by atoms with Crippen LogP contribution in [0.25, 0.3) is 0 Å². The summed E-state index contributed by atoms with van der Waals surface area (Å²) in [6.45, 7) is 8.56. The number of carbonyl (C=O) groups is 6. The molecule has 17 nitrogen and oxygen atoms in total. The van der Waals surface area contributed by atoms with Crippen molar-refractivity contribution in [3.05, 3.63) is 104 Å². The summed E-state index contributed by atoms with van der Waals surface area (Å²) < 4.78 is 190. The number of hydrogen-bond acceptors (Lipinski definition) is 16. The molecular formula is C93H133BrF9KNO16PS3. The molecule has 0 aromatic heterocycles. The van der Waals surface area contributed by atoms with Gasteiger partial charge in [-0.1, -0.05) is 34.3 Å². The van der Waals surface area contributed by atoms with Gasteiger partial charge in [0.15, 0.2) is 0 Å². The molecule has 0 heterocycles. The first-order valence-corrected chi connectivity index (χ1v) is 52.6. The number of fused-ring (bicyclic) bond motifs is 15. The molecule has 19 saturated carbocycles. The fourth-order valence-corrected chi connectivity index (χ4v) is 31.5. The van der Waals surface area contributed by atoms with E-state index < -0.39 is 69.5 Å². The fourth-order valence-electron chi connectivity index (χ4n) is 24.0. The number of nitrogens with one attached hydrogen (secondary N) is 1. The minimum absolute atomic E-state index is 0. The van der Waals surface area contributed by atoms with Crippen LogP contribution in [0.1, 0.15) is 272 Å². The zero-order valence-electron chi connectivity index (χ0n) is 72.4. The SMILES string of the molecule is C.C.C=CC12CCC(C(=O)OC)(CC1)CC2.CCCC12CCC(C(=O)OC)(CC1)CC2.COC(=O)C12CCC(C=O)(CC1)CC2.COC(=O)C12CCC(CCS(=O)(=O)C(F)(F)F)(CC1)CC2.CP(Br)(c1ccccc1)(c1ccccc1)c1ccccc1.O=C(NC1C2CC3CC(C2)CC1C3)C12CCC(CCS(=O)(=O)C(F)(F)F)(CC1)CC2.O=S([O-])C(F)(F)F.[K+]. The first-order valence-electron chi connectivity index (χ1n) is 43.5. The van der Waals surface area contributed by atoms with Crippen molar-refractivity contribution in [3.8, 4) is 0 Å². The number of methoxy groups -OCH3 is 4. The number of benzene rings is 3. The first kappa shape index (κ1) is 108. The Morgan fingerprint density at radius 3 is 0.944 bits per heavy atom. The van der Waals surface area contributed by atoms with Crippen LogP contribution in [0.4, 0.5) is 39.5 Å². The molecule has 1 N–H and O–H groups in total. The maximum absolute atomic E-state index is 13.4. The van der Waals surface area contributed by atoms with Gasteiger partial charge in [-0.05, 0) is 289 Å². The molecule has 0 radical (unpaired) electrons. The predicted octanol–water partition coefficient (Wildman–Crippen LogP) is 18.2. The summed E-state index contributed by atoms with van der Waals surface area (Å²) >= 11 is 0.312. The minimum Gasteiger partial charge on any atom is -0.766 e. The van der Waals surface area contributed by atoms with Crippen molar-refractivity contribution < 1.29 is 164 Å². The predicted molar refractivity (Wildman–Crippen MR) is 468 cm³/mol. The first-order chi connectivity index (χ1) is 57.1. The summed E-state index contributed by atoms with van der Waals surface area (Å²) in [5.74, 6) is 1.17. The standard InChI is InChI=1S/C22H32F3NO3S.C19H18BrP.C13H19F3O4S.C13H22O2.C12H18O2.C11H16O3.CHF3O2S.2CH4.K/c23-22(24,25)30(28,29)8-7-20-1-4-21(5-2-20,6-3-20)19(27)26-18-16-10-14-9-15(12-16)13-17(18)11-14;1-21(20,17-11-5-2-6-12-17,18-13-7-3-8-14-18)19-15-9-4-10-16-19;1-20-10(17)12-5-2-11(3-6-12,4-7-12)8-9-21(18,19)13(14,15)16;1-3-4-12-5-8-13(9-6-12,10-7-12)11(14)15-2;1-3-11-4-7-12(8-5-11,9-6-11)10(13)14-2;1-14-9(13)11-5-2-10(8-12,3-6-11)4-7-11;2-1(3,4)7(5)6;;;/h14-18H,1-13H2,(H,26,27);2-16H,1H3;2-9H2,1H3;3-10H2,1-2H3;3H,1,4-9H2,2H3;8H,2-7H2,1H3;(H,5,6);2*1H4;/q;;;;;;;;;+1/p-1. The van der Waals surface area contributed by atoms with E-state index in [1.807, 2.05) is 0 Å². The molecule has 0 saturated heterocycles. The van der Waals surface area contributed by atoms with Crippen LogP contribution in [0.2, 0.25) is 0 Å². The van der Waals surface area contributed by atoms with Gasteiger partial charge < -0.3 is 33.6 Å². The van der Waals surface area contributed by atoms with Gasteiger partial charge in [0.2, 0.25) is 25.6 Å². The molecular weight excluding hydrogens is 1800 g/mol. The zero-order valence-corrected chi connectivity index (χ0v) is 80.4. The Hall–Kier alpha value is -3.65. The van der Waals surface area contributed by atoms with E-state index in [1.54, 1.807) is 0 Å². The molecule has 14 bridgehead atoms. The molecule has 125 heavy (non-hydrogen) atoms. The summed E-state index contributed by atoms with van der Waals surface area (Å²) in [5.41, 5.74) is -16.7. The van der Waals surface area contributed by atoms with Crippen LogP contribution >= 0.6 is 20.8 Å². The topological polar surface area (TPSA) is 260 Å². The maximum atomic E-state index is 13.4. The number of hydrogen-bond donors (Lipinski definition) is 1. The summed E-state index contributed by atoms with van der Waals surface area (Å²) in [6, 6.07) is 32.6. The Kier molecular flexibility index (Phi) is 36.7. The average Bonchev–Trinajstić information content (AvgIpc) is 0.712. The Bertz CT molecular complexity index is 4130. The van der Waals surface area contributed by atoms with Crippen LogP contribution in [-0.4, -0.2) is 131 Å². The van der Waals surface area contributed by atoms with Crippen molar-refractivity contribution in [3.63, 3.8) is 0 Å². The largest absolute Gasteiger partial charge is 1.00 e. The molecule has 1 unspecified atom stereocenters. The molecule has 19 aliphatic rings. The van der Waals surface area contributed by atoms with E-state index in [2.05, 4.69) is 138 Å². The van der Waals surface area contributed by atoms with Gasteiger partial charge in [-0.2, -0.15) is 39.5 Å². The van der Waals surface area contributed by atoms with E-state index in [0.717, 1.165) is 114 Å². The van der Waals surface area contributed by atoms with Crippen molar-refractivity contribution >= 4 is 104 Å². The Morgan fingerprint density at radius 1 is 0.464 bits per heavy atom. The second kappa shape index (κ2) is 42.3. The van der Waals surface area contributed by atoms with E-state index in [9.17, 15) is 85.1 Å². The summed E-state index contributed by atoms with van der Waals surface area (Å²) in [6.07, 6.45) is 38.2. The van der Waals surface area contributed by atoms with E-state index in [-0.39, 0.29) is 147 Å². The number of aldehydes is 1. The summed E-state index contributed by atoms with van der Waals surface area (Å²) in [5, 5.41) is 4.94. The van der Waals surface area contributed by atoms with Crippen molar-refractivity contribution in [2.24, 2.45) is 77.8 Å². The van der Waals surface area contributed by atoms with E-state index in [1.165, 1.54) is 109 Å². The molecule has 1 amide bonds. The normalized spacial score (nSPS) is 33.3. The average molecular weight is 1940 g/mol. The van der Waals surface area contributed by atoms with Crippen molar-refractivity contribution in [2.45, 2.75) is 295 Å². The number of allylic oxidation sites excluding steroid dienone is 1. The Labute approximate surface area is 788 Å².